The lowest BCUT2D eigenvalue weighted by Crippen LogP contribution is -2.20. The Kier molecular flexibility index (Phi) is 6.42. The van der Waals surface area contributed by atoms with E-state index in [1.165, 1.54) is 0 Å². The van der Waals surface area contributed by atoms with Gasteiger partial charge in [0.2, 0.25) is 0 Å². The van der Waals surface area contributed by atoms with E-state index in [1.807, 2.05) is 49.4 Å². The van der Waals surface area contributed by atoms with Crippen LogP contribution in [0.5, 0.6) is 11.5 Å². The van der Waals surface area contributed by atoms with Crippen molar-refractivity contribution in [3.63, 3.8) is 0 Å². The summed E-state index contributed by atoms with van der Waals surface area (Å²) in [6, 6.07) is 18.9. The molecule has 3 N–H and O–H groups in total. The molecule has 0 radical (unpaired) electrons. The molecule has 1 fully saturated rings. The molecule has 0 aliphatic carbocycles. The summed E-state index contributed by atoms with van der Waals surface area (Å²) in [5.41, 5.74) is 1.43. The third-order valence-electron chi connectivity index (χ3n) is 4.62. The normalized spacial score (nSPS) is 14.5. The van der Waals surface area contributed by atoms with Crippen LogP contribution in [0.25, 0.3) is 16.8 Å². The zero-order chi connectivity index (χ0) is 22.5. The van der Waals surface area contributed by atoms with Crippen LogP contribution in [-0.4, -0.2) is 30.2 Å². The van der Waals surface area contributed by atoms with Gasteiger partial charge in [0.15, 0.2) is 23.3 Å². The molecule has 32 heavy (non-hydrogen) atoms. The highest BCUT2D eigenvalue weighted by atomic mass is 32.2. The minimum Gasteiger partial charge on any atom is -0.490 e. The SMILES string of the molecule is CCOc1cc(/C=C2\SC(=N)NC2=O)ccc1OCC(=O)Nc1ccc2ccccc2c1. The van der Waals surface area contributed by atoms with E-state index >= 15 is 0 Å². The Morgan fingerprint density at radius 3 is 2.62 bits per heavy atom. The van der Waals surface area contributed by atoms with Crippen molar-refractivity contribution in [1.82, 2.24) is 5.32 Å². The average Bonchev–Trinajstić information content (AvgIpc) is 3.09. The van der Waals surface area contributed by atoms with Gasteiger partial charge in [-0.2, -0.15) is 0 Å². The quantitative estimate of drug-likeness (QED) is 0.466. The Hall–Kier alpha value is -3.78. The highest BCUT2D eigenvalue weighted by Gasteiger charge is 2.22. The Bertz CT molecular complexity index is 1240. The molecule has 1 saturated heterocycles. The Labute approximate surface area is 189 Å². The summed E-state index contributed by atoms with van der Waals surface area (Å²) in [6.45, 7) is 2.09. The van der Waals surface area contributed by atoms with Crippen molar-refractivity contribution in [3.05, 3.63) is 71.1 Å². The van der Waals surface area contributed by atoms with Crippen LogP contribution in [0.1, 0.15) is 12.5 Å². The molecule has 4 rings (SSSR count). The summed E-state index contributed by atoms with van der Waals surface area (Å²) in [5, 5.41) is 15.1. The van der Waals surface area contributed by atoms with Crippen molar-refractivity contribution >= 4 is 51.3 Å². The predicted molar refractivity (Wildman–Crippen MR) is 127 cm³/mol. The number of rotatable bonds is 7. The number of benzene rings is 3. The first-order chi connectivity index (χ1) is 15.5. The summed E-state index contributed by atoms with van der Waals surface area (Å²) < 4.78 is 11.4. The second kappa shape index (κ2) is 9.57. The van der Waals surface area contributed by atoms with Crippen molar-refractivity contribution in [1.29, 1.82) is 5.41 Å². The fraction of sp³-hybridized carbons (Fsp3) is 0.125. The molecule has 1 aliphatic rings. The molecule has 0 aromatic heterocycles. The molecule has 0 saturated carbocycles. The minimum absolute atomic E-state index is 0.101. The molecule has 0 unspecified atom stereocenters. The zero-order valence-corrected chi connectivity index (χ0v) is 18.1. The van der Waals surface area contributed by atoms with Crippen molar-refractivity contribution in [2.75, 3.05) is 18.5 Å². The highest BCUT2D eigenvalue weighted by Crippen LogP contribution is 2.31. The molecule has 1 heterocycles. The van der Waals surface area contributed by atoms with Gasteiger partial charge in [-0.3, -0.25) is 15.0 Å². The number of carbonyl (C=O) groups excluding carboxylic acids is 2. The largest absolute Gasteiger partial charge is 0.490 e. The summed E-state index contributed by atoms with van der Waals surface area (Å²) in [7, 11) is 0. The average molecular weight is 448 g/mol. The summed E-state index contributed by atoms with van der Waals surface area (Å²) in [4.78, 5) is 24.7. The van der Waals surface area contributed by atoms with E-state index in [2.05, 4.69) is 10.6 Å². The van der Waals surface area contributed by atoms with Gasteiger partial charge in [-0.15, -0.1) is 0 Å². The van der Waals surface area contributed by atoms with E-state index in [1.54, 1.807) is 24.3 Å². The number of anilines is 1. The first-order valence-corrected chi connectivity index (χ1v) is 10.8. The van der Waals surface area contributed by atoms with E-state index < -0.39 is 0 Å². The molecule has 3 aromatic rings. The van der Waals surface area contributed by atoms with Crippen molar-refractivity contribution in [3.8, 4) is 11.5 Å². The number of thioether (sulfide) groups is 1. The third kappa shape index (κ3) is 5.09. The Morgan fingerprint density at radius 2 is 1.88 bits per heavy atom. The maximum absolute atomic E-state index is 12.4. The molecule has 3 aromatic carbocycles. The Morgan fingerprint density at radius 1 is 1.06 bits per heavy atom. The molecular formula is C24H21N3O4S. The lowest BCUT2D eigenvalue weighted by Gasteiger charge is -2.13. The molecule has 7 nitrogen and oxygen atoms in total. The van der Waals surface area contributed by atoms with Gasteiger partial charge in [0.25, 0.3) is 11.8 Å². The molecule has 2 amide bonds. The fourth-order valence-corrected chi connectivity index (χ4v) is 3.90. The smallest absolute Gasteiger partial charge is 0.264 e. The van der Waals surface area contributed by atoms with E-state index in [-0.39, 0.29) is 23.6 Å². The number of carbonyl (C=O) groups is 2. The standard InChI is InChI=1S/C24H21N3O4S/c1-2-30-20-11-15(12-21-23(29)27-24(25)32-21)7-10-19(20)31-14-22(28)26-18-9-8-16-5-3-4-6-17(16)13-18/h3-13H,2,14H2,1H3,(H,26,28)(H2,25,27,29)/b21-12-. The van der Waals surface area contributed by atoms with Gasteiger partial charge in [-0.1, -0.05) is 36.4 Å². The van der Waals surface area contributed by atoms with Crippen LogP contribution in [0.3, 0.4) is 0 Å². The van der Waals surface area contributed by atoms with Gasteiger partial charge in [0.05, 0.1) is 11.5 Å². The second-order valence-electron chi connectivity index (χ2n) is 6.93. The van der Waals surface area contributed by atoms with Crippen LogP contribution in [0.4, 0.5) is 5.69 Å². The van der Waals surface area contributed by atoms with Crippen LogP contribution in [0.2, 0.25) is 0 Å². The van der Waals surface area contributed by atoms with Crippen LogP contribution < -0.4 is 20.1 Å². The number of hydrogen-bond donors (Lipinski definition) is 3. The van der Waals surface area contributed by atoms with Crippen LogP contribution in [0.15, 0.2) is 65.6 Å². The molecule has 1 aliphatic heterocycles. The first kappa shape index (κ1) is 21.5. The van der Waals surface area contributed by atoms with Gasteiger partial charge in [-0.25, -0.2) is 0 Å². The molecular weight excluding hydrogens is 426 g/mol. The molecule has 162 valence electrons. The number of amidine groups is 1. The maximum atomic E-state index is 12.4. The second-order valence-corrected chi connectivity index (χ2v) is 7.98. The van der Waals surface area contributed by atoms with Crippen LogP contribution in [-0.2, 0) is 9.59 Å². The van der Waals surface area contributed by atoms with Gasteiger partial charge in [0, 0.05) is 5.69 Å². The van der Waals surface area contributed by atoms with Gasteiger partial charge in [-0.05, 0) is 65.4 Å². The lowest BCUT2D eigenvalue weighted by atomic mass is 10.1. The van der Waals surface area contributed by atoms with Crippen LogP contribution >= 0.6 is 11.8 Å². The van der Waals surface area contributed by atoms with E-state index in [4.69, 9.17) is 14.9 Å². The van der Waals surface area contributed by atoms with Crippen molar-refractivity contribution in [2.45, 2.75) is 6.92 Å². The fourth-order valence-electron chi connectivity index (χ4n) is 3.20. The van der Waals surface area contributed by atoms with E-state index in [0.29, 0.717) is 28.7 Å². The van der Waals surface area contributed by atoms with Crippen molar-refractivity contribution in [2.24, 2.45) is 0 Å². The van der Waals surface area contributed by atoms with E-state index in [9.17, 15) is 9.59 Å². The molecule has 0 spiro atoms. The Balaban J connectivity index is 1.43. The summed E-state index contributed by atoms with van der Waals surface area (Å²) in [5.74, 6) is 0.313. The topological polar surface area (TPSA) is 101 Å². The molecule has 0 atom stereocenters. The van der Waals surface area contributed by atoms with Gasteiger partial charge >= 0.3 is 0 Å². The van der Waals surface area contributed by atoms with Crippen molar-refractivity contribution < 1.29 is 19.1 Å². The molecule has 8 heteroatoms. The summed E-state index contributed by atoms with van der Waals surface area (Å²) in [6.07, 6.45) is 1.68. The number of ether oxygens (including phenoxy) is 2. The number of hydrogen-bond acceptors (Lipinski definition) is 6. The van der Waals surface area contributed by atoms with E-state index in [0.717, 1.165) is 28.1 Å². The summed E-state index contributed by atoms with van der Waals surface area (Å²) >= 11 is 1.07. The number of amides is 2. The third-order valence-corrected chi connectivity index (χ3v) is 5.45. The lowest BCUT2D eigenvalue weighted by molar-refractivity contribution is -0.118. The monoisotopic (exact) mass is 447 g/mol. The number of fused-ring (bicyclic) bond motifs is 1. The van der Waals surface area contributed by atoms with Gasteiger partial charge in [0.1, 0.15) is 0 Å². The predicted octanol–water partition coefficient (Wildman–Crippen LogP) is 4.39. The zero-order valence-electron chi connectivity index (χ0n) is 17.3. The number of nitrogens with one attached hydrogen (secondary N) is 3. The van der Waals surface area contributed by atoms with Crippen LogP contribution in [0, 0.1) is 5.41 Å². The van der Waals surface area contributed by atoms with Gasteiger partial charge < -0.3 is 20.1 Å². The molecule has 0 bridgehead atoms. The highest BCUT2D eigenvalue weighted by molar-refractivity contribution is 8.18. The minimum atomic E-state index is -0.302. The maximum Gasteiger partial charge on any atom is 0.264 e. The first-order valence-electron chi connectivity index (χ1n) is 9.99.